The number of hydrogen-bond acceptors (Lipinski definition) is 4. The number of carbonyl (C=O) groups is 1. The van der Waals surface area contributed by atoms with Crippen molar-refractivity contribution in [2.75, 3.05) is 6.61 Å². The molecule has 0 unspecified atom stereocenters. The summed E-state index contributed by atoms with van der Waals surface area (Å²) in [6.45, 7) is 2.37. The summed E-state index contributed by atoms with van der Waals surface area (Å²) in [6.07, 6.45) is 2.82. The van der Waals surface area contributed by atoms with Crippen molar-refractivity contribution in [3.8, 4) is 28.5 Å². The van der Waals surface area contributed by atoms with E-state index < -0.39 is 12.0 Å². The summed E-state index contributed by atoms with van der Waals surface area (Å²) in [4.78, 5) is 16.8. The molecule has 0 bridgehead atoms. The number of rotatable bonds is 10. The van der Waals surface area contributed by atoms with Crippen molar-refractivity contribution in [1.82, 2.24) is 9.55 Å². The smallest absolute Gasteiger partial charge is 0.327 e. The minimum Gasteiger partial charge on any atom is -0.493 e. The molecule has 3 aromatic carbocycles. The molecule has 0 spiro atoms. The maximum atomic E-state index is 12.2. The lowest BCUT2D eigenvalue weighted by Crippen LogP contribution is -2.21. The molecule has 2 heterocycles. The number of aromatic nitrogens is 2. The Balaban J connectivity index is 1.21. The van der Waals surface area contributed by atoms with Gasteiger partial charge in [0, 0.05) is 30.3 Å². The molecule has 6 nitrogen and oxygen atoms in total. The van der Waals surface area contributed by atoms with Gasteiger partial charge in [-0.05, 0) is 54.4 Å². The van der Waals surface area contributed by atoms with Crippen molar-refractivity contribution in [2.45, 2.75) is 25.8 Å². The molecular formula is C31H28N2O4. The van der Waals surface area contributed by atoms with Crippen LogP contribution in [-0.4, -0.2) is 27.2 Å². The number of aryl methyl sites for hydroxylation is 1. The Kier molecular flexibility index (Phi) is 7.17. The molecule has 0 saturated carbocycles. The fraction of sp³-hybridized carbons (Fsp3) is 0.161. The first-order valence-electron chi connectivity index (χ1n) is 12.3. The quantitative estimate of drug-likeness (QED) is 0.237. The van der Waals surface area contributed by atoms with Gasteiger partial charge in [-0.3, -0.25) is 0 Å². The lowest BCUT2D eigenvalue weighted by atomic mass is 10.0. The number of aliphatic carboxylic acids is 1. The van der Waals surface area contributed by atoms with Crippen molar-refractivity contribution in [1.29, 1.82) is 0 Å². The van der Waals surface area contributed by atoms with Crippen LogP contribution in [0.3, 0.4) is 0 Å². The molecule has 0 aliphatic carbocycles. The van der Waals surface area contributed by atoms with E-state index in [1.165, 1.54) is 0 Å². The third-order valence-corrected chi connectivity index (χ3v) is 6.34. The van der Waals surface area contributed by atoms with Crippen LogP contribution in [0.1, 0.15) is 23.1 Å². The molecule has 2 aromatic heterocycles. The van der Waals surface area contributed by atoms with Gasteiger partial charge in [0.1, 0.15) is 17.6 Å². The van der Waals surface area contributed by atoms with Gasteiger partial charge in [-0.25, -0.2) is 9.78 Å². The van der Waals surface area contributed by atoms with E-state index in [4.69, 9.17) is 9.15 Å². The number of ether oxygens (including phenoxy) is 1. The van der Waals surface area contributed by atoms with Crippen LogP contribution in [0.15, 0.2) is 108 Å². The SMILES string of the molecule is Cc1oc(-c2ccccc2)nc1CCOc1ccc(C[C@@H](C(=O)O)n2cccc2-c2ccccc2)cc1. The minimum absolute atomic E-state index is 0.366. The second-order valence-corrected chi connectivity index (χ2v) is 8.86. The molecule has 0 aliphatic rings. The van der Waals surface area contributed by atoms with Crippen LogP contribution in [0.25, 0.3) is 22.7 Å². The van der Waals surface area contributed by atoms with Gasteiger partial charge < -0.3 is 18.8 Å². The highest BCUT2D eigenvalue weighted by Crippen LogP contribution is 2.27. The normalized spacial score (nSPS) is 11.8. The van der Waals surface area contributed by atoms with Crippen LogP contribution in [0, 0.1) is 6.92 Å². The van der Waals surface area contributed by atoms with E-state index in [1.807, 2.05) is 115 Å². The number of carboxylic acid groups (broad SMARTS) is 1. The molecule has 0 amide bonds. The number of oxazole rings is 1. The van der Waals surface area contributed by atoms with Crippen molar-refractivity contribution in [3.05, 3.63) is 120 Å². The Morgan fingerprint density at radius 2 is 1.59 bits per heavy atom. The fourth-order valence-electron chi connectivity index (χ4n) is 4.40. The Labute approximate surface area is 215 Å². The van der Waals surface area contributed by atoms with Crippen LogP contribution >= 0.6 is 0 Å². The predicted molar refractivity (Wildman–Crippen MR) is 143 cm³/mol. The standard InChI is InChI=1S/C31H28N2O4/c1-22-27(32-30(37-22)25-11-6-3-7-12-25)18-20-36-26-16-14-23(15-17-26)21-29(31(34)35)33-19-8-13-28(33)24-9-4-2-5-10-24/h2-17,19,29H,18,20-21H2,1H3,(H,34,35)/t29-/m0/s1. The molecule has 5 rings (SSSR count). The van der Waals surface area contributed by atoms with Crippen molar-refractivity contribution in [3.63, 3.8) is 0 Å². The molecule has 0 radical (unpaired) electrons. The summed E-state index contributed by atoms with van der Waals surface area (Å²) >= 11 is 0. The summed E-state index contributed by atoms with van der Waals surface area (Å²) in [5.74, 6) is 1.26. The minimum atomic E-state index is -0.869. The van der Waals surface area contributed by atoms with Crippen molar-refractivity contribution >= 4 is 5.97 Å². The summed E-state index contributed by atoms with van der Waals surface area (Å²) in [6, 6.07) is 30.4. The summed E-state index contributed by atoms with van der Waals surface area (Å²) < 4.78 is 13.6. The molecule has 0 aliphatic heterocycles. The van der Waals surface area contributed by atoms with Crippen molar-refractivity contribution in [2.24, 2.45) is 0 Å². The zero-order chi connectivity index (χ0) is 25.6. The molecule has 37 heavy (non-hydrogen) atoms. The lowest BCUT2D eigenvalue weighted by Gasteiger charge is -2.18. The molecule has 0 saturated heterocycles. The highest BCUT2D eigenvalue weighted by atomic mass is 16.5. The van der Waals surface area contributed by atoms with E-state index in [1.54, 1.807) is 0 Å². The van der Waals surface area contributed by atoms with Gasteiger partial charge in [-0.1, -0.05) is 60.7 Å². The highest BCUT2D eigenvalue weighted by Gasteiger charge is 2.22. The first kappa shape index (κ1) is 24.1. The van der Waals surface area contributed by atoms with Crippen LogP contribution in [0.2, 0.25) is 0 Å². The zero-order valence-electron chi connectivity index (χ0n) is 20.6. The average molecular weight is 493 g/mol. The number of hydrogen-bond donors (Lipinski definition) is 1. The van der Waals surface area contributed by atoms with E-state index in [0.29, 0.717) is 25.3 Å². The van der Waals surface area contributed by atoms with Gasteiger partial charge >= 0.3 is 5.97 Å². The topological polar surface area (TPSA) is 77.5 Å². The molecular weight excluding hydrogens is 464 g/mol. The Morgan fingerprint density at radius 3 is 2.27 bits per heavy atom. The number of carboxylic acids is 1. The summed E-state index contributed by atoms with van der Waals surface area (Å²) in [5, 5.41) is 9.99. The summed E-state index contributed by atoms with van der Waals surface area (Å²) in [7, 11) is 0. The largest absolute Gasteiger partial charge is 0.493 e. The molecule has 5 aromatic rings. The first-order chi connectivity index (χ1) is 18.1. The molecule has 1 atom stereocenters. The van der Waals surface area contributed by atoms with Crippen LogP contribution in [0.4, 0.5) is 0 Å². The van der Waals surface area contributed by atoms with E-state index in [-0.39, 0.29) is 0 Å². The Hall–Kier alpha value is -4.58. The molecule has 1 N–H and O–H groups in total. The Bertz CT molecular complexity index is 1450. The van der Waals surface area contributed by atoms with E-state index in [2.05, 4.69) is 4.98 Å². The third kappa shape index (κ3) is 5.64. The van der Waals surface area contributed by atoms with Crippen LogP contribution in [0.5, 0.6) is 5.75 Å². The third-order valence-electron chi connectivity index (χ3n) is 6.34. The van der Waals surface area contributed by atoms with Gasteiger partial charge in [0.05, 0.1) is 12.3 Å². The summed E-state index contributed by atoms with van der Waals surface area (Å²) in [5.41, 5.74) is 4.61. The van der Waals surface area contributed by atoms with Crippen LogP contribution in [-0.2, 0) is 17.6 Å². The molecule has 6 heteroatoms. The van der Waals surface area contributed by atoms with Gasteiger partial charge in [0.15, 0.2) is 0 Å². The van der Waals surface area contributed by atoms with E-state index in [9.17, 15) is 9.90 Å². The predicted octanol–water partition coefficient (Wildman–Crippen LogP) is 6.61. The Morgan fingerprint density at radius 1 is 0.919 bits per heavy atom. The number of nitrogens with zero attached hydrogens (tertiary/aromatic N) is 2. The van der Waals surface area contributed by atoms with Crippen LogP contribution < -0.4 is 4.74 Å². The van der Waals surface area contributed by atoms with Gasteiger partial charge in [-0.2, -0.15) is 0 Å². The first-order valence-corrected chi connectivity index (χ1v) is 12.3. The van der Waals surface area contributed by atoms with Gasteiger partial charge in [0.25, 0.3) is 0 Å². The molecule has 0 fully saturated rings. The highest BCUT2D eigenvalue weighted by molar-refractivity contribution is 5.74. The van der Waals surface area contributed by atoms with Gasteiger partial charge in [0.2, 0.25) is 5.89 Å². The van der Waals surface area contributed by atoms with E-state index >= 15 is 0 Å². The fourth-order valence-corrected chi connectivity index (χ4v) is 4.40. The zero-order valence-corrected chi connectivity index (χ0v) is 20.6. The average Bonchev–Trinajstić information content (AvgIpc) is 3.56. The second-order valence-electron chi connectivity index (χ2n) is 8.86. The number of benzene rings is 3. The monoisotopic (exact) mass is 492 g/mol. The maximum Gasteiger partial charge on any atom is 0.327 e. The molecule has 186 valence electrons. The van der Waals surface area contributed by atoms with Gasteiger partial charge in [-0.15, -0.1) is 0 Å². The lowest BCUT2D eigenvalue weighted by molar-refractivity contribution is -0.140. The van der Waals surface area contributed by atoms with Crippen molar-refractivity contribution < 1.29 is 19.1 Å². The second kappa shape index (κ2) is 11.0. The maximum absolute atomic E-state index is 12.2. The van der Waals surface area contributed by atoms with E-state index in [0.717, 1.165) is 39.6 Å².